The molecule has 2 aliphatic rings. The maximum Gasteiger partial charge on any atom is 0.161 e. The van der Waals surface area contributed by atoms with E-state index in [2.05, 4.69) is 5.16 Å². The summed E-state index contributed by atoms with van der Waals surface area (Å²) in [6.07, 6.45) is -2.75. The van der Waals surface area contributed by atoms with Gasteiger partial charge in [0.2, 0.25) is 0 Å². The first-order chi connectivity index (χ1) is 12.0. The lowest BCUT2D eigenvalue weighted by atomic mass is 9.99. The van der Waals surface area contributed by atoms with E-state index in [-0.39, 0.29) is 12.4 Å². The van der Waals surface area contributed by atoms with Crippen molar-refractivity contribution in [1.82, 2.24) is 0 Å². The second kappa shape index (κ2) is 6.25. The summed E-state index contributed by atoms with van der Waals surface area (Å²) in [5.74, 6) is 0.697. The van der Waals surface area contributed by atoms with Gasteiger partial charge in [-0.1, -0.05) is 23.4 Å². The summed E-state index contributed by atoms with van der Waals surface area (Å²) in [4.78, 5) is 5.40. The van der Waals surface area contributed by atoms with Gasteiger partial charge in [-0.2, -0.15) is 0 Å². The molecular weight excluding hydrogens is 329 g/mol. The zero-order chi connectivity index (χ0) is 17.6. The first kappa shape index (κ1) is 16.3. The largest absolute Gasteiger partial charge is 0.463 e. The van der Waals surface area contributed by atoms with Crippen LogP contribution in [0.1, 0.15) is 41.3 Å². The van der Waals surface area contributed by atoms with Gasteiger partial charge in [-0.3, -0.25) is 0 Å². The van der Waals surface area contributed by atoms with Crippen molar-refractivity contribution >= 4 is 5.71 Å². The molecule has 1 unspecified atom stereocenters. The summed E-state index contributed by atoms with van der Waals surface area (Å²) in [6.45, 7) is 1.83. The van der Waals surface area contributed by atoms with Crippen LogP contribution in [-0.2, 0) is 9.57 Å². The lowest BCUT2D eigenvalue weighted by molar-refractivity contribution is 0.0117. The van der Waals surface area contributed by atoms with Gasteiger partial charge in [0.05, 0.1) is 12.3 Å². The molecule has 3 heterocycles. The van der Waals surface area contributed by atoms with Crippen LogP contribution in [0.15, 0.2) is 39.9 Å². The van der Waals surface area contributed by atoms with Crippen molar-refractivity contribution in [2.24, 2.45) is 5.16 Å². The van der Waals surface area contributed by atoms with Crippen LogP contribution in [0.4, 0.5) is 4.39 Å². The second-order valence-electron chi connectivity index (χ2n) is 6.29. The lowest BCUT2D eigenvalue weighted by Gasteiger charge is -2.11. The van der Waals surface area contributed by atoms with Crippen LogP contribution in [0.5, 0.6) is 0 Å². The molecule has 0 radical (unpaired) electrons. The van der Waals surface area contributed by atoms with Crippen molar-refractivity contribution in [3.8, 4) is 0 Å². The van der Waals surface area contributed by atoms with Gasteiger partial charge >= 0.3 is 0 Å². The summed E-state index contributed by atoms with van der Waals surface area (Å²) in [7, 11) is 0. The number of hydrogen-bond donors (Lipinski definition) is 2. The maximum absolute atomic E-state index is 13.9. The Hall–Kier alpha value is -2.22. The third kappa shape index (κ3) is 2.84. The van der Waals surface area contributed by atoms with E-state index in [1.165, 1.54) is 6.07 Å². The van der Waals surface area contributed by atoms with Crippen LogP contribution >= 0.6 is 0 Å². The van der Waals surface area contributed by atoms with Crippen molar-refractivity contribution in [3.05, 3.63) is 58.8 Å². The molecule has 1 aromatic heterocycles. The van der Waals surface area contributed by atoms with E-state index in [0.717, 1.165) is 5.56 Å². The molecule has 0 bridgehead atoms. The Morgan fingerprint density at radius 2 is 2.04 bits per heavy atom. The fourth-order valence-corrected chi connectivity index (χ4v) is 3.22. The molecular formula is C18H18FNO5. The number of benzene rings is 1. The van der Waals surface area contributed by atoms with Gasteiger partial charge in [-0.15, -0.1) is 0 Å². The molecule has 2 aromatic rings. The van der Waals surface area contributed by atoms with Crippen molar-refractivity contribution in [2.45, 2.75) is 37.8 Å². The van der Waals surface area contributed by atoms with E-state index in [9.17, 15) is 14.6 Å². The Kier molecular flexibility index (Phi) is 4.07. The van der Waals surface area contributed by atoms with E-state index < -0.39 is 24.4 Å². The van der Waals surface area contributed by atoms with Gasteiger partial charge in [0.25, 0.3) is 0 Å². The van der Waals surface area contributed by atoms with Crippen molar-refractivity contribution in [3.63, 3.8) is 0 Å². The van der Waals surface area contributed by atoms with Crippen LogP contribution in [0, 0.1) is 12.7 Å². The molecule has 2 aliphatic heterocycles. The fraction of sp³-hybridized carbons (Fsp3) is 0.389. The summed E-state index contributed by atoms with van der Waals surface area (Å²) in [5.41, 5.74) is 1.83. The molecule has 1 aromatic carbocycles. The molecule has 7 heteroatoms. The normalized spacial score (nSPS) is 28.9. The molecule has 6 nitrogen and oxygen atoms in total. The number of ether oxygens (including phenoxy) is 1. The number of hydrogen-bond acceptors (Lipinski definition) is 6. The van der Waals surface area contributed by atoms with Gasteiger partial charge in [0.1, 0.15) is 35.6 Å². The van der Waals surface area contributed by atoms with E-state index in [1.807, 2.05) is 0 Å². The number of nitrogens with zero attached hydrogens (tertiary/aromatic N) is 1. The molecule has 2 N–H and O–H groups in total. The zero-order valence-corrected chi connectivity index (χ0v) is 13.6. The van der Waals surface area contributed by atoms with E-state index in [0.29, 0.717) is 29.2 Å². The summed E-state index contributed by atoms with van der Waals surface area (Å²) in [6, 6.07) is 8.18. The molecule has 0 saturated carbocycles. The summed E-state index contributed by atoms with van der Waals surface area (Å²) >= 11 is 0. The van der Waals surface area contributed by atoms with Crippen molar-refractivity contribution in [2.75, 3.05) is 6.61 Å². The topological polar surface area (TPSA) is 84.4 Å². The Labute approximate surface area is 143 Å². The zero-order valence-electron chi connectivity index (χ0n) is 13.6. The van der Waals surface area contributed by atoms with Crippen LogP contribution < -0.4 is 0 Å². The number of halogens is 1. The molecule has 4 rings (SSSR count). The van der Waals surface area contributed by atoms with Gasteiger partial charge in [-0.05, 0) is 19.1 Å². The Bertz CT molecular complexity index is 818. The Balaban J connectivity index is 1.55. The standard InChI is InChI=1S/C18H18FNO5/c1-9-11(6-16(24-9)18-17(22)14(21)8-23-18)13-7-15(25-20-13)10-4-2-3-5-12(10)19/h2-6,14-15,17-18,21-22H,7-8H2,1H3/t14-,15?,17-,18+/m1/s1. The highest BCUT2D eigenvalue weighted by Crippen LogP contribution is 2.36. The van der Waals surface area contributed by atoms with E-state index in [4.69, 9.17) is 14.0 Å². The highest BCUT2D eigenvalue weighted by Gasteiger charge is 2.38. The minimum absolute atomic E-state index is 0.0559. The SMILES string of the molecule is Cc1oc([C@@H]2OC[C@@H](O)[C@H]2O)cc1C1=NOC(c2ccccc2F)C1. The highest BCUT2D eigenvalue weighted by molar-refractivity contribution is 6.02. The predicted octanol–water partition coefficient (Wildman–Crippen LogP) is 2.39. The number of rotatable bonds is 3. The van der Waals surface area contributed by atoms with Crippen LogP contribution in [-0.4, -0.2) is 34.7 Å². The van der Waals surface area contributed by atoms with Crippen molar-refractivity contribution in [1.29, 1.82) is 0 Å². The average Bonchev–Trinajstić information content (AvgIpc) is 3.29. The number of aliphatic hydroxyl groups excluding tert-OH is 2. The Morgan fingerprint density at radius 3 is 2.76 bits per heavy atom. The predicted molar refractivity (Wildman–Crippen MR) is 85.5 cm³/mol. The summed E-state index contributed by atoms with van der Waals surface area (Å²) < 4.78 is 25.0. The van der Waals surface area contributed by atoms with Gasteiger partial charge < -0.3 is 24.2 Å². The molecule has 25 heavy (non-hydrogen) atoms. The highest BCUT2D eigenvalue weighted by atomic mass is 19.1. The first-order valence-corrected chi connectivity index (χ1v) is 8.10. The van der Waals surface area contributed by atoms with Crippen LogP contribution in [0.3, 0.4) is 0 Å². The van der Waals surface area contributed by atoms with E-state index in [1.54, 1.807) is 31.2 Å². The number of aliphatic hydroxyl groups is 2. The van der Waals surface area contributed by atoms with Crippen LogP contribution in [0.2, 0.25) is 0 Å². The summed E-state index contributed by atoms with van der Waals surface area (Å²) in [5, 5.41) is 23.7. The minimum atomic E-state index is -1.04. The third-order valence-electron chi connectivity index (χ3n) is 4.60. The molecule has 1 fully saturated rings. The molecule has 1 saturated heterocycles. The molecule has 0 spiro atoms. The second-order valence-corrected chi connectivity index (χ2v) is 6.29. The quantitative estimate of drug-likeness (QED) is 0.891. The Morgan fingerprint density at radius 1 is 1.24 bits per heavy atom. The number of aryl methyl sites for hydroxylation is 1. The van der Waals surface area contributed by atoms with Crippen LogP contribution in [0.25, 0.3) is 0 Å². The molecule has 132 valence electrons. The van der Waals surface area contributed by atoms with Crippen molar-refractivity contribution < 1.29 is 28.6 Å². The van der Waals surface area contributed by atoms with Gasteiger partial charge in [0.15, 0.2) is 6.10 Å². The minimum Gasteiger partial charge on any atom is -0.463 e. The number of furan rings is 1. The molecule has 4 atom stereocenters. The maximum atomic E-state index is 13.9. The third-order valence-corrected chi connectivity index (χ3v) is 4.60. The lowest BCUT2D eigenvalue weighted by Crippen LogP contribution is -2.24. The monoisotopic (exact) mass is 347 g/mol. The molecule has 0 aliphatic carbocycles. The van der Waals surface area contributed by atoms with Gasteiger partial charge in [-0.25, -0.2) is 4.39 Å². The number of oxime groups is 1. The first-order valence-electron chi connectivity index (χ1n) is 8.10. The fourth-order valence-electron chi connectivity index (χ4n) is 3.22. The average molecular weight is 347 g/mol. The van der Waals surface area contributed by atoms with E-state index >= 15 is 0 Å². The van der Waals surface area contributed by atoms with Gasteiger partial charge in [0, 0.05) is 17.5 Å². The molecule has 0 amide bonds. The smallest absolute Gasteiger partial charge is 0.161 e.